The molecule has 3 atom stereocenters. The quantitative estimate of drug-likeness (QED) is 0.815. The van der Waals surface area contributed by atoms with Gasteiger partial charge in [0.05, 0.1) is 12.4 Å². The highest BCUT2D eigenvalue weighted by atomic mass is 15.5. The lowest BCUT2D eigenvalue weighted by Crippen LogP contribution is -2.36. The van der Waals surface area contributed by atoms with Gasteiger partial charge < -0.3 is 10.2 Å². The minimum Gasteiger partial charge on any atom is -0.352 e. The van der Waals surface area contributed by atoms with Crippen molar-refractivity contribution < 1.29 is 0 Å². The molecule has 0 amide bonds. The molecule has 7 nitrogen and oxygen atoms in total. The Balaban J connectivity index is 1.77. The van der Waals surface area contributed by atoms with E-state index in [4.69, 9.17) is 0 Å². The van der Waals surface area contributed by atoms with Gasteiger partial charge in [0, 0.05) is 25.7 Å². The average molecular weight is 259 g/mol. The molecule has 0 saturated carbocycles. The Morgan fingerprint density at radius 2 is 2.32 bits per heavy atom. The van der Waals surface area contributed by atoms with Gasteiger partial charge in [0.2, 0.25) is 0 Å². The largest absolute Gasteiger partial charge is 0.352 e. The molecule has 0 bridgehead atoms. The first-order chi connectivity index (χ1) is 9.38. The minimum atomic E-state index is 0.552. The molecule has 0 aromatic carbocycles. The van der Waals surface area contributed by atoms with E-state index in [2.05, 4.69) is 37.6 Å². The lowest BCUT2D eigenvalue weighted by Gasteiger charge is -2.28. The third kappa shape index (κ3) is 1.54. The summed E-state index contributed by atoms with van der Waals surface area (Å²) in [6.07, 6.45) is 4.71. The number of hydrogen-bond acceptors (Lipinski definition) is 6. The van der Waals surface area contributed by atoms with Crippen molar-refractivity contribution in [3.8, 4) is 0 Å². The second-order valence-corrected chi connectivity index (χ2v) is 5.42. The smallest absolute Gasteiger partial charge is 0.199 e. The Hall–Kier alpha value is -1.76. The molecule has 7 heteroatoms. The summed E-state index contributed by atoms with van der Waals surface area (Å²) < 4.78 is 1.80. The van der Waals surface area contributed by atoms with Gasteiger partial charge in [0.15, 0.2) is 11.5 Å². The van der Waals surface area contributed by atoms with Crippen LogP contribution in [0.1, 0.15) is 13.3 Å². The van der Waals surface area contributed by atoms with E-state index in [1.807, 2.05) is 6.20 Å². The van der Waals surface area contributed by atoms with Crippen molar-refractivity contribution in [2.45, 2.75) is 19.4 Å². The number of fused-ring (bicyclic) bond motifs is 2. The monoisotopic (exact) mass is 259 g/mol. The van der Waals surface area contributed by atoms with Gasteiger partial charge in [0.25, 0.3) is 0 Å². The summed E-state index contributed by atoms with van der Waals surface area (Å²) in [6, 6.07) is 0.552. The molecule has 0 aliphatic carbocycles. The summed E-state index contributed by atoms with van der Waals surface area (Å²) in [5.41, 5.74) is 0.711. The third-order valence-corrected chi connectivity index (χ3v) is 4.52. The first-order valence-electron chi connectivity index (χ1n) is 6.88. The Morgan fingerprint density at radius 1 is 1.37 bits per heavy atom. The first-order valence-corrected chi connectivity index (χ1v) is 6.88. The molecule has 2 fully saturated rings. The van der Waals surface area contributed by atoms with Crippen LogP contribution in [0.2, 0.25) is 0 Å². The molecule has 2 aromatic heterocycles. The molecular formula is C12H17N7. The zero-order chi connectivity index (χ0) is 12.8. The summed E-state index contributed by atoms with van der Waals surface area (Å²) in [5, 5.41) is 15.3. The maximum absolute atomic E-state index is 4.27. The van der Waals surface area contributed by atoms with Gasteiger partial charge in [-0.3, -0.25) is 4.98 Å². The number of nitrogens with one attached hydrogen (secondary N) is 1. The highest BCUT2D eigenvalue weighted by Crippen LogP contribution is 2.36. The van der Waals surface area contributed by atoms with Crippen LogP contribution in [0.25, 0.3) is 5.65 Å². The van der Waals surface area contributed by atoms with Crippen molar-refractivity contribution in [2.24, 2.45) is 11.8 Å². The predicted octanol–water partition coefficient (Wildman–Crippen LogP) is -0.0465. The summed E-state index contributed by atoms with van der Waals surface area (Å²) >= 11 is 0. The lowest BCUT2D eigenvalue weighted by molar-refractivity contribution is 0.440. The summed E-state index contributed by atoms with van der Waals surface area (Å²) in [4.78, 5) is 6.71. The zero-order valence-electron chi connectivity index (χ0n) is 10.9. The van der Waals surface area contributed by atoms with Crippen LogP contribution in [-0.2, 0) is 0 Å². The van der Waals surface area contributed by atoms with Crippen LogP contribution < -0.4 is 10.2 Å². The van der Waals surface area contributed by atoms with E-state index < -0.39 is 0 Å². The maximum atomic E-state index is 4.27. The molecule has 2 aromatic rings. The van der Waals surface area contributed by atoms with Gasteiger partial charge in [-0.25, -0.2) is 0 Å². The van der Waals surface area contributed by atoms with E-state index in [0.717, 1.165) is 43.7 Å². The fourth-order valence-corrected chi connectivity index (χ4v) is 3.67. The van der Waals surface area contributed by atoms with Crippen molar-refractivity contribution in [1.82, 2.24) is 30.3 Å². The summed E-state index contributed by atoms with van der Waals surface area (Å²) in [6.45, 7) is 5.57. The molecule has 2 aliphatic rings. The number of rotatable bonds is 2. The molecule has 0 spiro atoms. The molecule has 4 rings (SSSR count). The normalized spacial score (nSPS) is 30.2. The van der Waals surface area contributed by atoms with E-state index in [0.29, 0.717) is 11.7 Å². The van der Waals surface area contributed by atoms with Crippen LogP contribution >= 0.6 is 0 Å². The Bertz CT molecular complexity index is 595. The summed E-state index contributed by atoms with van der Waals surface area (Å²) in [5.74, 6) is 2.48. The SMILES string of the molecule is CCC1C2CNCC2CN1c1cncc2nnnn12. The van der Waals surface area contributed by atoms with Gasteiger partial charge >= 0.3 is 0 Å². The molecule has 100 valence electrons. The Morgan fingerprint density at radius 3 is 3.21 bits per heavy atom. The lowest BCUT2D eigenvalue weighted by atomic mass is 9.93. The Labute approximate surface area is 111 Å². The van der Waals surface area contributed by atoms with Crippen LogP contribution in [0, 0.1) is 11.8 Å². The molecule has 0 radical (unpaired) electrons. The molecule has 2 saturated heterocycles. The highest BCUT2D eigenvalue weighted by molar-refractivity contribution is 5.48. The molecule has 1 N–H and O–H groups in total. The van der Waals surface area contributed by atoms with Crippen LogP contribution in [0.15, 0.2) is 12.4 Å². The van der Waals surface area contributed by atoms with Crippen molar-refractivity contribution in [2.75, 3.05) is 24.5 Å². The standard InChI is InChI=1S/C12H17N7/c1-2-10-9-4-13-3-8(9)7-18(10)12-6-14-5-11-15-16-17-19(11)12/h5-6,8-10,13H,2-4,7H2,1H3. The molecule has 4 heterocycles. The van der Waals surface area contributed by atoms with Crippen LogP contribution in [-0.4, -0.2) is 50.7 Å². The van der Waals surface area contributed by atoms with Crippen LogP contribution in [0.4, 0.5) is 5.82 Å². The fraction of sp³-hybridized carbons (Fsp3) is 0.667. The number of hydrogen-bond donors (Lipinski definition) is 1. The predicted molar refractivity (Wildman–Crippen MR) is 69.9 cm³/mol. The zero-order valence-corrected chi connectivity index (χ0v) is 10.9. The van der Waals surface area contributed by atoms with E-state index >= 15 is 0 Å². The van der Waals surface area contributed by atoms with Gasteiger partial charge in [-0.05, 0) is 28.7 Å². The maximum Gasteiger partial charge on any atom is 0.199 e. The third-order valence-electron chi connectivity index (χ3n) is 4.52. The molecule has 3 unspecified atom stereocenters. The van der Waals surface area contributed by atoms with Crippen molar-refractivity contribution in [3.63, 3.8) is 0 Å². The van der Waals surface area contributed by atoms with Crippen molar-refractivity contribution in [3.05, 3.63) is 12.4 Å². The van der Waals surface area contributed by atoms with Gasteiger partial charge in [0.1, 0.15) is 0 Å². The van der Waals surface area contributed by atoms with Gasteiger partial charge in [-0.2, -0.15) is 4.52 Å². The van der Waals surface area contributed by atoms with Gasteiger partial charge in [-0.15, -0.1) is 5.10 Å². The Kier molecular flexibility index (Phi) is 2.41. The number of nitrogens with zero attached hydrogens (tertiary/aromatic N) is 6. The topological polar surface area (TPSA) is 71.2 Å². The number of tetrazole rings is 1. The highest BCUT2D eigenvalue weighted by Gasteiger charge is 2.44. The molecular weight excluding hydrogens is 242 g/mol. The van der Waals surface area contributed by atoms with Crippen molar-refractivity contribution in [1.29, 1.82) is 0 Å². The second kappa shape index (κ2) is 4.12. The number of anilines is 1. The van der Waals surface area contributed by atoms with E-state index in [1.54, 1.807) is 10.7 Å². The second-order valence-electron chi connectivity index (χ2n) is 5.42. The van der Waals surface area contributed by atoms with E-state index in [1.165, 1.54) is 0 Å². The van der Waals surface area contributed by atoms with Gasteiger partial charge in [-0.1, -0.05) is 6.92 Å². The molecule has 19 heavy (non-hydrogen) atoms. The van der Waals surface area contributed by atoms with E-state index in [9.17, 15) is 0 Å². The fourth-order valence-electron chi connectivity index (χ4n) is 3.67. The van der Waals surface area contributed by atoms with Crippen LogP contribution in [0.5, 0.6) is 0 Å². The average Bonchev–Trinajstić information content (AvgIpc) is 3.12. The van der Waals surface area contributed by atoms with Crippen LogP contribution in [0.3, 0.4) is 0 Å². The molecule has 2 aliphatic heterocycles. The number of aromatic nitrogens is 5. The minimum absolute atomic E-state index is 0.552. The van der Waals surface area contributed by atoms with E-state index in [-0.39, 0.29) is 0 Å². The summed E-state index contributed by atoms with van der Waals surface area (Å²) in [7, 11) is 0. The first kappa shape index (κ1) is 11.1. The van der Waals surface area contributed by atoms with Crippen molar-refractivity contribution >= 4 is 11.5 Å².